The Morgan fingerprint density at radius 1 is 0.344 bits per heavy atom. The number of carbonyl (C=O) groups is 3. The number of hydrogen-bond donors (Lipinski definition) is 6. The predicted octanol–water partition coefficient (Wildman–Crippen LogP) is 10.3. The second-order valence-electron chi connectivity index (χ2n) is 18.5. The van der Waals surface area contributed by atoms with Crippen LogP contribution in [0.25, 0.3) is 0 Å². The van der Waals surface area contributed by atoms with Gasteiger partial charge in [-0.05, 0) is 40.0 Å². The molecule has 0 aliphatic heterocycles. The van der Waals surface area contributed by atoms with Crippen molar-refractivity contribution in [3.63, 3.8) is 0 Å². The van der Waals surface area contributed by atoms with Gasteiger partial charge in [-0.3, -0.25) is 14.4 Å². The first kappa shape index (κ1) is 59.2. The maximum Gasteiger partial charge on any atom is 0.221 e. The molecule has 0 aliphatic carbocycles. The van der Waals surface area contributed by atoms with Gasteiger partial charge in [0.05, 0.1) is 0 Å². The summed E-state index contributed by atoms with van der Waals surface area (Å²) in [5, 5.41) is 20.0. The molecule has 0 bridgehead atoms. The van der Waals surface area contributed by atoms with Crippen LogP contribution in [-0.4, -0.2) is 99.6 Å². The maximum atomic E-state index is 12.9. The minimum absolute atomic E-state index is 0.107. The Labute approximate surface area is 379 Å². The molecular formula is C51H105N7O3. The summed E-state index contributed by atoms with van der Waals surface area (Å²) in [6, 6.07) is 0.640. The number of amides is 3. The summed E-state index contributed by atoms with van der Waals surface area (Å²) in [7, 11) is 0. The number of carbonyl (C=O) groups excluding carboxylic acids is 3. The molecule has 61 heavy (non-hydrogen) atoms. The zero-order valence-electron chi connectivity index (χ0n) is 41.5. The molecule has 10 heteroatoms. The van der Waals surface area contributed by atoms with E-state index in [1.54, 1.807) is 0 Å². The lowest BCUT2D eigenvalue weighted by atomic mass is 10.1. The average molecular weight is 864 g/mol. The number of unbranched alkanes of at least 4 members (excludes halogenated alkanes) is 21. The highest BCUT2D eigenvalue weighted by atomic mass is 16.2. The lowest BCUT2D eigenvalue weighted by molar-refractivity contribution is -0.123. The van der Waals surface area contributed by atoms with Gasteiger partial charge in [0.2, 0.25) is 17.7 Å². The van der Waals surface area contributed by atoms with E-state index in [1.807, 2.05) is 0 Å². The Morgan fingerprint density at radius 3 is 0.967 bits per heavy atom. The molecule has 3 unspecified atom stereocenters. The molecule has 0 fully saturated rings. The highest BCUT2D eigenvalue weighted by Gasteiger charge is 2.14. The van der Waals surface area contributed by atoms with E-state index in [0.717, 1.165) is 58.5 Å². The molecule has 0 rings (SSSR count). The monoisotopic (exact) mass is 864 g/mol. The summed E-state index contributed by atoms with van der Waals surface area (Å²) < 4.78 is 0. The zero-order chi connectivity index (χ0) is 44.9. The van der Waals surface area contributed by atoms with Crippen LogP contribution in [0.2, 0.25) is 0 Å². The standard InChI is InChI=1S/C51H105N7O3/c1-7-10-13-16-19-22-25-28-31-46(4)55-49(59)34-37-52-38-39-53-40-41-54-42-45-58(43-35-50(60)56-47(5)32-29-26-23-20-17-14-11-8-2)44-36-51(61)57-48(6)33-30-27-24-21-18-15-12-9-3/h46-48,52-54H,7-45H2,1-6H3,(H,55,59)(H,56,60)(H,57,61). The Balaban J connectivity index is 4.37. The van der Waals surface area contributed by atoms with Crippen LogP contribution >= 0.6 is 0 Å². The van der Waals surface area contributed by atoms with E-state index in [9.17, 15) is 14.4 Å². The summed E-state index contributed by atoms with van der Waals surface area (Å²) in [6.07, 6.45) is 35.9. The van der Waals surface area contributed by atoms with Crippen LogP contribution in [0.5, 0.6) is 0 Å². The Morgan fingerprint density at radius 2 is 0.623 bits per heavy atom. The number of hydrogen-bond acceptors (Lipinski definition) is 7. The molecule has 0 aromatic carbocycles. The Kier molecular flexibility index (Phi) is 44.9. The first-order chi connectivity index (χ1) is 29.7. The molecule has 362 valence electrons. The van der Waals surface area contributed by atoms with E-state index in [1.165, 1.54) is 154 Å². The fraction of sp³-hybridized carbons (Fsp3) is 0.941. The van der Waals surface area contributed by atoms with E-state index < -0.39 is 0 Å². The second-order valence-corrected chi connectivity index (χ2v) is 18.5. The van der Waals surface area contributed by atoms with Gasteiger partial charge in [0.25, 0.3) is 0 Å². The molecular weight excluding hydrogens is 759 g/mol. The quantitative estimate of drug-likeness (QED) is 0.0337. The minimum atomic E-state index is 0.107. The lowest BCUT2D eigenvalue weighted by Crippen LogP contribution is -2.41. The van der Waals surface area contributed by atoms with E-state index in [2.05, 4.69) is 78.3 Å². The Bertz CT molecular complexity index is 926. The van der Waals surface area contributed by atoms with Crippen molar-refractivity contribution in [1.82, 2.24) is 36.8 Å². The first-order valence-electron chi connectivity index (χ1n) is 26.4. The van der Waals surface area contributed by atoms with Gasteiger partial charge in [0.1, 0.15) is 0 Å². The van der Waals surface area contributed by atoms with E-state index in [4.69, 9.17) is 0 Å². The summed E-state index contributed by atoms with van der Waals surface area (Å²) in [6.45, 7) is 20.1. The van der Waals surface area contributed by atoms with Crippen LogP contribution in [0.4, 0.5) is 0 Å². The van der Waals surface area contributed by atoms with Crippen molar-refractivity contribution < 1.29 is 14.4 Å². The van der Waals surface area contributed by atoms with E-state index >= 15 is 0 Å². The van der Waals surface area contributed by atoms with Crippen LogP contribution in [0.3, 0.4) is 0 Å². The molecule has 3 amide bonds. The van der Waals surface area contributed by atoms with Gasteiger partial charge < -0.3 is 36.8 Å². The normalized spacial score (nSPS) is 13.0. The number of nitrogens with one attached hydrogen (secondary N) is 6. The molecule has 0 heterocycles. The zero-order valence-corrected chi connectivity index (χ0v) is 41.5. The fourth-order valence-corrected chi connectivity index (χ4v) is 8.03. The second kappa shape index (κ2) is 46.2. The minimum Gasteiger partial charge on any atom is -0.354 e. The highest BCUT2D eigenvalue weighted by Crippen LogP contribution is 2.13. The smallest absolute Gasteiger partial charge is 0.221 e. The summed E-state index contributed by atoms with van der Waals surface area (Å²) in [5.41, 5.74) is 0. The van der Waals surface area contributed by atoms with Crippen molar-refractivity contribution >= 4 is 17.7 Å². The van der Waals surface area contributed by atoms with Gasteiger partial charge in [-0.25, -0.2) is 0 Å². The third kappa shape index (κ3) is 44.6. The largest absolute Gasteiger partial charge is 0.354 e. The summed E-state index contributed by atoms with van der Waals surface area (Å²) in [5.74, 6) is 0.352. The molecule has 3 atom stereocenters. The van der Waals surface area contributed by atoms with Crippen molar-refractivity contribution in [2.24, 2.45) is 0 Å². The van der Waals surface area contributed by atoms with Gasteiger partial charge in [0.15, 0.2) is 0 Å². The Hall–Kier alpha value is -1.75. The van der Waals surface area contributed by atoms with E-state index in [0.29, 0.717) is 38.9 Å². The SMILES string of the molecule is CCCCCCCCCCC(C)NC(=O)CCNCCNCCNCCN(CCC(=O)NC(C)CCCCCCCCCC)CCC(=O)NC(C)CCCCCCCCCC. The molecule has 6 N–H and O–H groups in total. The van der Waals surface area contributed by atoms with Gasteiger partial charge in [0, 0.05) is 96.3 Å². The van der Waals surface area contributed by atoms with Crippen molar-refractivity contribution in [3.8, 4) is 0 Å². The molecule has 0 aliphatic rings. The third-order valence-corrected chi connectivity index (χ3v) is 12.1. The van der Waals surface area contributed by atoms with Crippen molar-refractivity contribution in [1.29, 1.82) is 0 Å². The predicted molar refractivity (Wildman–Crippen MR) is 263 cm³/mol. The average Bonchev–Trinajstić information content (AvgIpc) is 3.23. The van der Waals surface area contributed by atoms with Crippen molar-refractivity contribution in [2.75, 3.05) is 58.9 Å². The molecule has 0 aromatic heterocycles. The van der Waals surface area contributed by atoms with Crippen molar-refractivity contribution in [2.45, 2.75) is 252 Å². The van der Waals surface area contributed by atoms with Crippen LogP contribution < -0.4 is 31.9 Å². The van der Waals surface area contributed by atoms with E-state index in [-0.39, 0.29) is 35.8 Å². The summed E-state index contributed by atoms with van der Waals surface area (Å²) >= 11 is 0. The fourth-order valence-electron chi connectivity index (χ4n) is 8.03. The first-order valence-corrected chi connectivity index (χ1v) is 26.4. The van der Waals surface area contributed by atoms with Gasteiger partial charge in [-0.2, -0.15) is 0 Å². The molecule has 0 saturated heterocycles. The van der Waals surface area contributed by atoms with Crippen LogP contribution in [0, 0.1) is 0 Å². The maximum absolute atomic E-state index is 12.9. The van der Waals surface area contributed by atoms with Crippen molar-refractivity contribution in [3.05, 3.63) is 0 Å². The molecule has 0 radical (unpaired) electrons. The number of nitrogens with zero attached hydrogens (tertiary/aromatic N) is 1. The topological polar surface area (TPSA) is 127 Å². The lowest BCUT2D eigenvalue weighted by Gasteiger charge is -2.23. The number of rotatable bonds is 48. The highest BCUT2D eigenvalue weighted by molar-refractivity contribution is 5.77. The van der Waals surface area contributed by atoms with Crippen LogP contribution in [0.15, 0.2) is 0 Å². The van der Waals surface area contributed by atoms with Crippen LogP contribution in [-0.2, 0) is 14.4 Å². The third-order valence-electron chi connectivity index (χ3n) is 12.1. The van der Waals surface area contributed by atoms with Gasteiger partial charge in [-0.15, -0.1) is 0 Å². The summed E-state index contributed by atoms with van der Waals surface area (Å²) in [4.78, 5) is 40.5. The molecule has 0 spiro atoms. The molecule has 10 nitrogen and oxygen atoms in total. The molecule has 0 aromatic rings. The van der Waals surface area contributed by atoms with Gasteiger partial charge >= 0.3 is 0 Å². The molecule has 0 saturated carbocycles. The van der Waals surface area contributed by atoms with Gasteiger partial charge in [-0.1, -0.05) is 175 Å². The van der Waals surface area contributed by atoms with Crippen LogP contribution in [0.1, 0.15) is 234 Å².